The van der Waals surface area contributed by atoms with Gasteiger partial charge in [-0.1, -0.05) is 39.1 Å². The number of halogens is 3. The van der Waals surface area contributed by atoms with Crippen molar-refractivity contribution in [3.05, 3.63) is 50.9 Å². The molecule has 0 aromatic heterocycles. The third-order valence-electron chi connectivity index (χ3n) is 2.54. The molecule has 0 aliphatic carbocycles. The number of anilines is 2. The molecule has 0 bridgehead atoms. The third kappa shape index (κ3) is 4.52. The quantitative estimate of drug-likeness (QED) is 0.763. The highest BCUT2D eigenvalue weighted by Crippen LogP contribution is 2.30. The second-order valence-corrected chi connectivity index (χ2v) is 5.87. The average molecular weight is 390 g/mol. The molecule has 0 aliphatic rings. The molecule has 3 N–H and O–H groups in total. The van der Waals surface area contributed by atoms with Crippen LogP contribution in [-0.2, 0) is 4.79 Å². The summed E-state index contributed by atoms with van der Waals surface area (Å²) in [5, 5.41) is 3.25. The Morgan fingerprint density at radius 3 is 2.52 bits per heavy atom. The topological polar surface area (TPSA) is 64.3 Å². The highest BCUT2D eigenvalue weighted by atomic mass is 79.9. The Morgan fingerprint density at radius 1 is 1.19 bits per heavy atom. The van der Waals surface area contributed by atoms with Gasteiger partial charge in [-0.3, -0.25) is 4.79 Å². The van der Waals surface area contributed by atoms with Gasteiger partial charge < -0.3 is 15.8 Å². The monoisotopic (exact) mass is 388 g/mol. The molecule has 110 valence electrons. The van der Waals surface area contributed by atoms with E-state index < -0.39 is 0 Å². The highest BCUT2D eigenvalue weighted by Gasteiger charge is 2.09. The first-order chi connectivity index (χ1) is 9.95. The Bertz CT molecular complexity index is 663. The molecule has 4 nitrogen and oxygen atoms in total. The zero-order valence-corrected chi connectivity index (χ0v) is 13.8. The van der Waals surface area contributed by atoms with Crippen LogP contribution in [0.25, 0.3) is 0 Å². The van der Waals surface area contributed by atoms with Gasteiger partial charge in [0.2, 0.25) is 0 Å². The molecule has 2 aromatic rings. The first-order valence-corrected chi connectivity index (χ1v) is 7.43. The maximum absolute atomic E-state index is 11.8. The van der Waals surface area contributed by atoms with Crippen LogP contribution in [0.15, 0.2) is 40.9 Å². The molecule has 0 spiro atoms. The van der Waals surface area contributed by atoms with E-state index in [0.717, 1.165) is 4.47 Å². The number of benzene rings is 2. The number of hydrogen-bond donors (Lipinski definition) is 2. The van der Waals surface area contributed by atoms with Gasteiger partial charge in [0.1, 0.15) is 5.75 Å². The molecule has 0 aliphatic heterocycles. The fraction of sp³-hybridized carbons (Fsp3) is 0.0714. The van der Waals surface area contributed by atoms with E-state index in [0.29, 0.717) is 27.2 Å². The molecular weight excluding hydrogens is 379 g/mol. The van der Waals surface area contributed by atoms with Gasteiger partial charge in [-0.05, 0) is 36.4 Å². The van der Waals surface area contributed by atoms with Crippen molar-refractivity contribution in [1.29, 1.82) is 0 Å². The SMILES string of the molecule is Nc1cc(Cl)c(NC(=O)COc2ccc(Br)cc2)cc1Cl. The molecule has 0 fully saturated rings. The summed E-state index contributed by atoms with van der Waals surface area (Å²) < 4.78 is 6.29. The molecule has 0 radical (unpaired) electrons. The molecule has 2 rings (SSSR count). The van der Waals surface area contributed by atoms with Gasteiger partial charge in [0.05, 0.1) is 21.4 Å². The van der Waals surface area contributed by atoms with Crippen LogP contribution < -0.4 is 15.8 Å². The first-order valence-electron chi connectivity index (χ1n) is 5.88. The van der Waals surface area contributed by atoms with E-state index in [1.54, 1.807) is 12.1 Å². The number of rotatable bonds is 4. The summed E-state index contributed by atoms with van der Waals surface area (Å²) in [4.78, 5) is 11.8. The van der Waals surface area contributed by atoms with E-state index in [4.69, 9.17) is 33.7 Å². The number of amides is 1. The van der Waals surface area contributed by atoms with Gasteiger partial charge in [0.15, 0.2) is 6.61 Å². The Morgan fingerprint density at radius 2 is 1.86 bits per heavy atom. The standard InChI is InChI=1S/C14H11BrCl2N2O2/c15-8-1-3-9(4-2-8)21-7-14(20)19-13-6-10(16)12(18)5-11(13)17/h1-6H,7,18H2,(H,19,20). The Kier molecular flexibility index (Phi) is 5.33. The van der Waals surface area contributed by atoms with Crippen LogP contribution in [-0.4, -0.2) is 12.5 Å². The van der Waals surface area contributed by atoms with Gasteiger partial charge in [0, 0.05) is 4.47 Å². The van der Waals surface area contributed by atoms with Crippen LogP contribution in [0.2, 0.25) is 10.0 Å². The Labute approximate surface area is 140 Å². The van der Waals surface area contributed by atoms with Crippen molar-refractivity contribution < 1.29 is 9.53 Å². The van der Waals surface area contributed by atoms with Crippen LogP contribution in [0.3, 0.4) is 0 Å². The molecule has 0 atom stereocenters. The molecular formula is C14H11BrCl2N2O2. The lowest BCUT2D eigenvalue weighted by Gasteiger charge is -2.10. The van der Waals surface area contributed by atoms with E-state index >= 15 is 0 Å². The lowest BCUT2D eigenvalue weighted by molar-refractivity contribution is -0.118. The van der Waals surface area contributed by atoms with E-state index in [1.807, 2.05) is 12.1 Å². The molecule has 0 heterocycles. The number of ether oxygens (including phenoxy) is 1. The average Bonchev–Trinajstić information content (AvgIpc) is 2.44. The van der Waals surface area contributed by atoms with Crippen molar-refractivity contribution in [1.82, 2.24) is 0 Å². The molecule has 1 amide bonds. The number of nitrogens with two attached hydrogens (primary N) is 1. The number of carbonyl (C=O) groups excluding carboxylic acids is 1. The summed E-state index contributed by atoms with van der Waals surface area (Å²) in [6.07, 6.45) is 0. The number of hydrogen-bond acceptors (Lipinski definition) is 3. The Hall–Kier alpha value is -1.43. The minimum Gasteiger partial charge on any atom is -0.484 e. The van der Waals surface area contributed by atoms with Crippen LogP contribution in [0, 0.1) is 0 Å². The minimum atomic E-state index is -0.347. The lowest BCUT2D eigenvalue weighted by Crippen LogP contribution is -2.20. The van der Waals surface area contributed by atoms with Crippen LogP contribution in [0.1, 0.15) is 0 Å². The van der Waals surface area contributed by atoms with E-state index in [1.165, 1.54) is 12.1 Å². The van der Waals surface area contributed by atoms with E-state index in [2.05, 4.69) is 21.2 Å². The normalized spacial score (nSPS) is 10.2. The number of carbonyl (C=O) groups is 1. The fourth-order valence-corrected chi connectivity index (χ4v) is 2.17. The van der Waals surface area contributed by atoms with Gasteiger partial charge in [-0.2, -0.15) is 0 Å². The third-order valence-corrected chi connectivity index (χ3v) is 3.71. The second kappa shape index (κ2) is 7.02. The van der Waals surface area contributed by atoms with Gasteiger partial charge in [-0.15, -0.1) is 0 Å². The van der Waals surface area contributed by atoms with E-state index in [9.17, 15) is 4.79 Å². The lowest BCUT2D eigenvalue weighted by atomic mass is 10.3. The van der Waals surface area contributed by atoms with Gasteiger partial charge >= 0.3 is 0 Å². The predicted octanol–water partition coefficient (Wildman–Crippen LogP) is 4.36. The molecule has 2 aromatic carbocycles. The summed E-state index contributed by atoms with van der Waals surface area (Å²) in [5.41, 5.74) is 6.35. The zero-order chi connectivity index (χ0) is 15.4. The summed E-state index contributed by atoms with van der Waals surface area (Å²) >= 11 is 15.2. The molecule has 21 heavy (non-hydrogen) atoms. The summed E-state index contributed by atoms with van der Waals surface area (Å²) in [7, 11) is 0. The van der Waals surface area contributed by atoms with E-state index in [-0.39, 0.29) is 12.5 Å². The number of nitrogens with one attached hydrogen (secondary N) is 1. The highest BCUT2D eigenvalue weighted by molar-refractivity contribution is 9.10. The number of nitrogen functional groups attached to an aromatic ring is 1. The molecule has 0 saturated heterocycles. The largest absolute Gasteiger partial charge is 0.484 e. The summed E-state index contributed by atoms with van der Waals surface area (Å²) in [6.45, 7) is -0.139. The van der Waals surface area contributed by atoms with Crippen LogP contribution in [0.4, 0.5) is 11.4 Å². The Balaban J connectivity index is 1.96. The van der Waals surface area contributed by atoms with Crippen molar-refractivity contribution in [2.45, 2.75) is 0 Å². The summed E-state index contributed by atoms with van der Waals surface area (Å²) in [5.74, 6) is 0.246. The van der Waals surface area contributed by atoms with Crippen molar-refractivity contribution in [3.63, 3.8) is 0 Å². The first kappa shape index (κ1) is 15.9. The molecule has 7 heteroatoms. The van der Waals surface area contributed by atoms with Crippen molar-refractivity contribution in [2.75, 3.05) is 17.7 Å². The van der Waals surface area contributed by atoms with Gasteiger partial charge in [-0.25, -0.2) is 0 Å². The van der Waals surface area contributed by atoms with Crippen molar-refractivity contribution >= 4 is 56.4 Å². The maximum Gasteiger partial charge on any atom is 0.262 e. The van der Waals surface area contributed by atoms with Crippen LogP contribution in [0.5, 0.6) is 5.75 Å². The second-order valence-electron chi connectivity index (χ2n) is 4.14. The van der Waals surface area contributed by atoms with Gasteiger partial charge in [0.25, 0.3) is 5.91 Å². The smallest absolute Gasteiger partial charge is 0.262 e. The predicted molar refractivity (Wildman–Crippen MR) is 89.1 cm³/mol. The van der Waals surface area contributed by atoms with Crippen LogP contribution >= 0.6 is 39.1 Å². The van der Waals surface area contributed by atoms with Crippen molar-refractivity contribution in [3.8, 4) is 5.75 Å². The van der Waals surface area contributed by atoms with Crippen molar-refractivity contribution in [2.24, 2.45) is 0 Å². The maximum atomic E-state index is 11.8. The molecule has 0 unspecified atom stereocenters. The summed E-state index contributed by atoms with van der Waals surface area (Å²) in [6, 6.07) is 10.1. The minimum absolute atomic E-state index is 0.139. The molecule has 0 saturated carbocycles. The zero-order valence-electron chi connectivity index (χ0n) is 10.7. The fourth-order valence-electron chi connectivity index (χ4n) is 1.52.